The van der Waals surface area contributed by atoms with Crippen LogP contribution in [0.25, 0.3) is 10.9 Å². The van der Waals surface area contributed by atoms with Gasteiger partial charge in [0.1, 0.15) is 0 Å². The molecule has 134 valence electrons. The third-order valence-corrected chi connectivity index (χ3v) is 5.76. The number of hydrogen-bond donors (Lipinski definition) is 2. The van der Waals surface area contributed by atoms with Crippen molar-refractivity contribution in [3.8, 4) is 0 Å². The molecule has 6 heteroatoms. The molecule has 3 heterocycles. The number of aromatic nitrogens is 1. The number of fused-ring (bicyclic) bond motifs is 1. The van der Waals surface area contributed by atoms with Gasteiger partial charge in [0.15, 0.2) is 0 Å². The van der Waals surface area contributed by atoms with Crippen molar-refractivity contribution in [2.75, 3.05) is 26.2 Å². The molecule has 5 nitrogen and oxygen atoms in total. The Hall–Kier alpha value is -1.85. The van der Waals surface area contributed by atoms with Gasteiger partial charge in [-0.1, -0.05) is 18.2 Å². The summed E-state index contributed by atoms with van der Waals surface area (Å²) in [5.41, 5.74) is 1.44. The van der Waals surface area contributed by atoms with Gasteiger partial charge in [0, 0.05) is 30.1 Å². The Kier molecular flexibility index (Phi) is 5.16. The average molecular weight is 362 g/mol. The number of benzene rings is 1. The Bertz CT molecular complexity index is 817. The lowest BCUT2D eigenvalue weighted by Gasteiger charge is -2.44. The summed E-state index contributed by atoms with van der Waals surface area (Å²) >= 11 is 0. The molecule has 0 bridgehead atoms. The largest absolute Gasteiger partial charge is 0.339 e. The van der Waals surface area contributed by atoms with Crippen molar-refractivity contribution >= 4 is 29.2 Å². The standard InChI is InChI=1S/C19H23N3O2.ClH/c23-17-13-15(14-3-1-2-4-16(14)21-17)18(24)22-11-7-19(8-12-22)5-9-20-10-6-19;/h1-4,13,20H,5-12H2,(H,21,23);1H. The lowest BCUT2D eigenvalue weighted by atomic mass is 9.71. The highest BCUT2D eigenvalue weighted by Crippen LogP contribution is 2.39. The van der Waals surface area contributed by atoms with E-state index in [1.165, 1.54) is 18.9 Å². The average Bonchev–Trinajstić information content (AvgIpc) is 2.62. The zero-order valence-electron chi connectivity index (χ0n) is 14.2. The van der Waals surface area contributed by atoms with E-state index in [0.717, 1.165) is 49.9 Å². The van der Waals surface area contributed by atoms with Gasteiger partial charge < -0.3 is 15.2 Å². The van der Waals surface area contributed by atoms with Gasteiger partial charge in [0.25, 0.3) is 5.91 Å². The molecular formula is C19H24ClN3O2. The van der Waals surface area contributed by atoms with Crippen LogP contribution in [-0.4, -0.2) is 42.0 Å². The van der Waals surface area contributed by atoms with Crippen LogP contribution >= 0.6 is 12.4 Å². The molecule has 2 aliphatic rings. The summed E-state index contributed by atoms with van der Waals surface area (Å²) in [6.07, 6.45) is 4.56. The number of amides is 1. The van der Waals surface area contributed by atoms with E-state index in [0.29, 0.717) is 11.0 Å². The van der Waals surface area contributed by atoms with E-state index in [4.69, 9.17) is 0 Å². The van der Waals surface area contributed by atoms with E-state index in [9.17, 15) is 9.59 Å². The maximum absolute atomic E-state index is 13.0. The monoisotopic (exact) mass is 361 g/mol. The van der Waals surface area contributed by atoms with Crippen molar-refractivity contribution in [2.24, 2.45) is 5.41 Å². The molecule has 1 aromatic heterocycles. The fourth-order valence-electron chi connectivity index (χ4n) is 4.19. The molecule has 2 aromatic rings. The maximum atomic E-state index is 13.0. The fraction of sp³-hybridized carbons (Fsp3) is 0.474. The van der Waals surface area contributed by atoms with Crippen LogP contribution in [0, 0.1) is 5.41 Å². The molecule has 0 radical (unpaired) electrons. The van der Waals surface area contributed by atoms with Crippen LogP contribution in [0.15, 0.2) is 35.1 Å². The topological polar surface area (TPSA) is 65.2 Å². The van der Waals surface area contributed by atoms with Crippen molar-refractivity contribution in [1.82, 2.24) is 15.2 Å². The molecule has 0 unspecified atom stereocenters. The Labute approximate surface area is 153 Å². The first-order valence-electron chi connectivity index (χ1n) is 8.79. The predicted molar refractivity (Wildman–Crippen MR) is 101 cm³/mol. The molecule has 4 rings (SSSR count). The first kappa shape index (κ1) is 18.0. The van der Waals surface area contributed by atoms with Crippen LogP contribution < -0.4 is 10.9 Å². The van der Waals surface area contributed by atoms with E-state index in [-0.39, 0.29) is 23.9 Å². The summed E-state index contributed by atoms with van der Waals surface area (Å²) < 4.78 is 0. The van der Waals surface area contributed by atoms with Gasteiger partial charge in [-0.15, -0.1) is 12.4 Å². The summed E-state index contributed by atoms with van der Waals surface area (Å²) in [6, 6.07) is 8.95. The fourth-order valence-corrected chi connectivity index (χ4v) is 4.19. The second-order valence-electron chi connectivity index (χ2n) is 7.14. The van der Waals surface area contributed by atoms with E-state index >= 15 is 0 Å². The molecular weight excluding hydrogens is 338 g/mol. The van der Waals surface area contributed by atoms with E-state index in [1.54, 1.807) is 0 Å². The third kappa shape index (κ3) is 3.44. The molecule has 25 heavy (non-hydrogen) atoms. The molecule has 0 atom stereocenters. The summed E-state index contributed by atoms with van der Waals surface area (Å²) in [6.45, 7) is 3.76. The third-order valence-electron chi connectivity index (χ3n) is 5.76. The van der Waals surface area contributed by atoms with Crippen molar-refractivity contribution in [3.05, 3.63) is 46.2 Å². The van der Waals surface area contributed by atoms with Gasteiger partial charge in [-0.3, -0.25) is 9.59 Å². The number of carbonyl (C=O) groups is 1. The number of H-pyrrole nitrogens is 1. The van der Waals surface area contributed by atoms with Gasteiger partial charge in [-0.05, 0) is 50.3 Å². The lowest BCUT2D eigenvalue weighted by Crippen LogP contribution is -2.47. The highest BCUT2D eigenvalue weighted by Gasteiger charge is 2.37. The highest BCUT2D eigenvalue weighted by molar-refractivity contribution is 6.05. The molecule has 2 fully saturated rings. The number of nitrogens with one attached hydrogen (secondary N) is 2. The highest BCUT2D eigenvalue weighted by atomic mass is 35.5. The van der Waals surface area contributed by atoms with Crippen molar-refractivity contribution in [2.45, 2.75) is 25.7 Å². The zero-order valence-corrected chi connectivity index (χ0v) is 15.0. The molecule has 0 saturated carbocycles. The Morgan fingerprint density at radius 3 is 2.44 bits per heavy atom. The SMILES string of the molecule is Cl.O=C(c1cc(=O)[nH]c2ccccc12)N1CCC2(CCNCC2)CC1. The second kappa shape index (κ2) is 7.18. The first-order valence-corrected chi connectivity index (χ1v) is 8.79. The number of carbonyl (C=O) groups excluding carboxylic acids is 1. The summed E-state index contributed by atoms with van der Waals surface area (Å²) in [7, 11) is 0. The second-order valence-corrected chi connectivity index (χ2v) is 7.14. The first-order chi connectivity index (χ1) is 11.7. The van der Waals surface area contributed by atoms with Crippen molar-refractivity contribution in [3.63, 3.8) is 0 Å². The lowest BCUT2D eigenvalue weighted by molar-refractivity contribution is 0.0497. The maximum Gasteiger partial charge on any atom is 0.254 e. The quantitative estimate of drug-likeness (QED) is 0.820. The number of aromatic amines is 1. The van der Waals surface area contributed by atoms with Gasteiger partial charge in [-0.25, -0.2) is 0 Å². The molecule has 1 amide bonds. The number of halogens is 1. The van der Waals surface area contributed by atoms with Gasteiger partial charge in [-0.2, -0.15) is 0 Å². The molecule has 2 saturated heterocycles. The van der Waals surface area contributed by atoms with Gasteiger partial charge >= 0.3 is 0 Å². The smallest absolute Gasteiger partial charge is 0.254 e. The number of hydrogen-bond acceptors (Lipinski definition) is 3. The van der Waals surface area contributed by atoms with Gasteiger partial charge in [0.2, 0.25) is 5.56 Å². The Morgan fingerprint density at radius 1 is 1.04 bits per heavy atom. The minimum atomic E-state index is -0.219. The molecule has 0 aliphatic carbocycles. The number of nitrogens with zero attached hydrogens (tertiary/aromatic N) is 1. The number of piperidine rings is 2. The minimum absolute atomic E-state index is 0. The summed E-state index contributed by atoms with van der Waals surface area (Å²) in [5.74, 6) is -0.0129. The van der Waals surface area contributed by atoms with E-state index in [2.05, 4.69) is 10.3 Å². The molecule has 1 aromatic carbocycles. The molecule has 2 N–H and O–H groups in total. The van der Waals surface area contributed by atoms with Crippen LogP contribution in [0.4, 0.5) is 0 Å². The summed E-state index contributed by atoms with van der Waals surface area (Å²) in [5, 5.41) is 4.25. The molecule has 1 spiro atoms. The van der Waals surface area contributed by atoms with E-state index < -0.39 is 0 Å². The number of para-hydroxylation sites is 1. The van der Waals surface area contributed by atoms with Crippen LogP contribution in [0.5, 0.6) is 0 Å². The number of rotatable bonds is 1. The number of pyridine rings is 1. The van der Waals surface area contributed by atoms with Crippen LogP contribution in [0.3, 0.4) is 0 Å². The molecule has 2 aliphatic heterocycles. The Morgan fingerprint density at radius 2 is 1.72 bits per heavy atom. The number of likely N-dealkylation sites (tertiary alicyclic amines) is 1. The minimum Gasteiger partial charge on any atom is -0.339 e. The zero-order chi connectivity index (χ0) is 16.6. The van der Waals surface area contributed by atoms with Gasteiger partial charge in [0.05, 0.1) is 5.56 Å². The predicted octanol–water partition coefficient (Wildman–Crippen LogP) is 2.56. The normalized spacial score (nSPS) is 19.6. The van der Waals surface area contributed by atoms with Crippen molar-refractivity contribution < 1.29 is 4.79 Å². The van der Waals surface area contributed by atoms with Crippen molar-refractivity contribution in [1.29, 1.82) is 0 Å². The van der Waals surface area contributed by atoms with Crippen LogP contribution in [0.1, 0.15) is 36.0 Å². The van der Waals surface area contributed by atoms with E-state index in [1.807, 2.05) is 29.2 Å². The van der Waals surface area contributed by atoms with Crippen LogP contribution in [-0.2, 0) is 0 Å². The summed E-state index contributed by atoms with van der Waals surface area (Å²) in [4.78, 5) is 29.6. The van der Waals surface area contributed by atoms with Crippen LogP contribution in [0.2, 0.25) is 0 Å². The Balaban J connectivity index is 0.00000182.